The first-order valence-electron chi connectivity index (χ1n) is 11.2. The molecule has 4 aromatic carbocycles. The Morgan fingerprint density at radius 2 is 0.824 bits per heavy atom. The zero-order valence-corrected chi connectivity index (χ0v) is 18.6. The lowest BCUT2D eigenvalue weighted by Gasteiger charge is -2.08. The fourth-order valence-corrected chi connectivity index (χ4v) is 4.15. The van der Waals surface area contributed by atoms with Crippen molar-refractivity contribution in [2.24, 2.45) is 11.8 Å². The third-order valence-electron chi connectivity index (χ3n) is 6.11. The van der Waals surface area contributed by atoms with Crippen LogP contribution in [-0.2, 0) is 9.59 Å². The molecule has 1 fully saturated rings. The molecule has 1 aliphatic carbocycles. The van der Waals surface area contributed by atoms with Gasteiger partial charge in [0.15, 0.2) is 0 Å². The molecule has 0 aromatic heterocycles. The van der Waals surface area contributed by atoms with Crippen molar-refractivity contribution in [2.45, 2.75) is 0 Å². The van der Waals surface area contributed by atoms with E-state index in [0.717, 1.165) is 22.3 Å². The van der Waals surface area contributed by atoms with E-state index in [4.69, 9.17) is 0 Å². The predicted octanol–water partition coefficient (Wildman–Crippen LogP) is 6.40. The standard InChI is InChI=1S/C30H24N2O2/c1-20-27(29(33)31-25-16-12-23(13-17-25)21-8-4-2-5-9-21)28(20)30(34)32-26-18-14-24(15-19-26)22-10-6-3-7-11-22/h2-19,27-28H,1H2,(H,31,33)(H,32,34). The average molecular weight is 445 g/mol. The summed E-state index contributed by atoms with van der Waals surface area (Å²) in [5.74, 6) is -1.45. The summed E-state index contributed by atoms with van der Waals surface area (Å²) in [7, 11) is 0. The van der Waals surface area contributed by atoms with Crippen molar-refractivity contribution in [2.75, 3.05) is 10.6 Å². The molecule has 1 aliphatic rings. The maximum absolute atomic E-state index is 12.8. The highest BCUT2D eigenvalue weighted by atomic mass is 16.2. The summed E-state index contributed by atoms with van der Waals surface area (Å²) in [5.41, 5.74) is 6.40. The van der Waals surface area contributed by atoms with E-state index in [9.17, 15) is 9.59 Å². The third-order valence-corrected chi connectivity index (χ3v) is 6.11. The van der Waals surface area contributed by atoms with E-state index in [0.29, 0.717) is 16.9 Å². The highest BCUT2D eigenvalue weighted by molar-refractivity contribution is 6.08. The van der Waals surface area contributed by atoms with Gasteiger partial charge in [0.2, 0.25) is 11.8 Å². The number of rotatable bonds is 6. The van der Waals surface area contributed by atoms with Crippen LogP contribution in [0.4, 0.5) is 11.4 Å². The Balaban J connectivity index is 1.18. The second kappa shape index (κ2) is 9.20. The zero-order valence-electron chi connectivity index (χ0n) is 18.6. The fourth-order valence-electron chi connectivity index (χ4n) is 4.15. The van der Waals surface area contributed by atoms with Gasteiger partial charge in [0.1, 0.15) is 0 Å². The van der Waals surface area contributed by atoms with Crippen LogP contribution in [0.1, 0.15) is 0 Å². The Hall–Kier alpha value is -4.44. The van der Waals surface area contributed by atoms with Crippen molar-refractivity contribution >= 4 is 23.2 Å². The Morgan fingerprint density at radius 3 is 1.18 bits per heavy atom. The van der Waals surface area contributed by atoms with Gasteiger partial charge in [-0.15, -0.1) is 0 Å². The fraction of sp³-hybridized carbons (Fsp3) is 0.0667. The first-order valence-corrected chi connectivity index (χ1v) is 11.2. The molecule has 1 saturated carbocycles. The van der Waals surface area contributed by atoms with E-state index in [-0.39, 0.29) is 11.8 Å². The number of hydrogen-bond donors (Lipinski definition) is 2. The summed E-state index contributed by atoms with van der Waals surface area (Å²) >= 11 is 0. The van der Waals surface area contributed by atoms with Crippen molar-refractivity contribution in [3.63, 3.8) is 0 Å². The Morgan fingerprint density at radius 1 is 0.500 bits per heavy atom. The molecule has 0 saturated heterocycles. The van der Waals surface area contributed by atoms with Crippen molar-refractivity contribution < 1.29 is 9.59 Å². The highest BCUT2D eigenvalue weighted by Crippen LogP contribution is 2.45. The second-order valence-corrected chi connectivity index (χ2v) is 8.40. The molecule has 4 heteroatoms. The van der Waals surface area contributed by atoms with Gasteiger partial charge in [0, 0.05) is 11.4 Å². The van der Waals surface area contributed by atoms with E-state index in [2.05, 4.69) is 17.2 Å². The van der Waals surface area contributed by atoms with Crippen LogP contribution in [0.2, 0.25) is 0 Å². The summed E-state index contributed by atoms with van der Waals surface area (Å²) in [5, 5.41) is 5.82. The van der Waals surface area contributed by atoms with Crippen molar-refractivity contribution in [1.29, 1.82) is 0 Å². The van der Waals surface area contributed by atoms with Gasteiger partial charge in [-0.25, -0.2) is 0 Å². The van der Waals surface area contributed by atoms with E-state index >= 15 is 0 Å². The van der Waals surface area contributed by atoms with Crippen LogP contribution >= 0.6 is 0 Å². The van der Waals surface area contributed by atoms with Crippen LogP contribution in [-0.4, -0.2) is 11.8 Å². The molecule has 0 aliphatic heterocycles. The average Bonchev–Trinajstić information content (AvgIpc) is 3.57. The molecule has 2 N–H and O–H groups in total. The van der Waals surface area contributed by atoms with Gasteiger partial charge in [-0.05, 0) is 46.5 Å². The molecule has 2 atom stereocenters. The lowest BCUT2D eigenvalue weighted by Crippen LogP contribution is -2.20. The first kappa shape index (κ1) is 21.4. The van der Waals surface area contributed by atoms with Crippen LogP contribution in [0.5, 0.6) is 0 Å². The Bertz CT molecular complexity index is 1220. The molecule has 0 heterocycles. The van der Waals surface area contributed by atoms with E-state index in [1.54, 1.807) is 0 Å². The number of benzene rings is 4. The van der Waals surface area contributed by atoms with Gasteiger partial charge in [-0.1, -0.05) is 97.1 Å². The van der Waals surface area contributed by atoms with Gasteiger partial charge in [0.05, 0.1) is 11.8 Å². The van der Waals surface area contributed by atoms with Crippen molar-refractivity contribution in [1.82, 2.24) is 0 Å². The molecule has 2 unspecified atom stereocenters. The minimum absolute atomic E-state index is 0.211. The number of carbonyl (C=O) groups excluding carboxylic acids is 2. The van der Waals surface area contributed by atoms with E-state index in [1.807, 2.05) is 109 Å². The van der Waals surface area contributed by atoms with Gasteiger partial charge >= 0.3 is 0 Å². The van der Waals surface area contributed by atoms with Gasteiger partial charge in [0.25, 0.3) is 0 Å². The molecule has 166 valence electrons. The zero-order chi connectivity index (χ0) is 23.5. The Labute approximate surface area is 199 Å². The summed E-state index contributed by atoms with van der Waals surface area (Å²) in [4.78, 5) is 25.5. The van der Waals surface area contributed by atoms with E-state index < -0.39 is 11.8 Å². The van der Waals surface area contributed by atoms with Crippen molar-refractivity contribution in [3.8, 4) is 22.3 Å². The molecule has 4 aromatic rings. The van der Waals surface area contributed by atoms with Crippen LogP contribution in [0, 0.1) is 11.8 Å². The molecule has 5 rings (SSSR count). The maximum Gasteiger partial charge on any atom is 0.232 e. The molecule has 4 nitrogen and oxygen atoms in total. The summed E-state index contributed by atoms with van der Waals surface area (Å²) < 4.78 is 0. The van der Waals surface area contributed by atoms with Crippen LogP contribution in [0.15, 0.2) is 121 Å². The summed E-state index contributed by atoms with van der Waals surface area (Å²) in [6.07, 6.45) is 0. The van der Waals surface area contributed by atoms with Crippen LogP contribution in [0.25, 0.3) is 22.3 Å². The number of amides is 2. The number of nitrogens with one attached hydrogen (secondary N) is 2. The van der Waals surface area contributed by atoms with Crippen LogP contribution < -0.4 is 10.6 Å². The molecule has 0 spiro atoms. The summed E-state index contributed by atoms with van der Waals surface area (Å²) in [6, 6.07) is 35.4. The minimum Gasteiger partial charge on any atom is -0.326 e. The smallest absolute Gasteiger partial charge is 0.232 e. The van der Waals surface area contributed by atoms with E-state index in [1.165, 1.54) is 0 Å². The predicted molar refractivity (Wildman–Crippen MR) is 137 cm³/mol. The maximum atomic E-state index is 12.8. The first-order chi connectivity index (χ1) is 16.6. The van der Waals surface area contributed by atoms with Gasteiger partial charge in [-0.2, -0.15) is 0 Å². The number of hydrogen-bond acceptors (Lipinski definition) is 2. The molecular formula is C30H24N2O2. The van der Waals surface area contributed by atoms with Crippen LogP contribution in [0.3, 0.4) is 0 Å². The molecule has 0 radical (unpaired) electrons. The molecular weight excluding hydrogens is 420 g/mol. The largest absolute Gasteiger partial charge is 0.326 e. The number of carbonyl (C=O) groups is 2. The number of anilines is 2. The minimum atomic E-state index is -0.516. The molecule has 34 heavy (non-hydrogen) atoms. The van der Waals surface area contributed by atoms with Crippen molar-refractivity contribution in [3.05, 3.63) is 121 Å². The SMILES string of the molecule is C=C1C(C(=O)Nc2ccc(-c3ccccc3)cc2)C1C(=O)Nc1ccc(-c2ccccc2)cc1. The third kappa shape index (κ3) is 4.52. The normalized spacial score (nSPS) is 16.5. The second-order valence-electron chi connectivity index (χ2n) is 8.40. The lowest BCUT2D eigenvalue weighted by molar-refractivity contribution is -0.122. The monoisotopic (exact) mass is 444 g/mol. The Kier molecular flexibility index (Phi) is 5.79. The summed E-state index contributed by atoms with van der Waals surface area (Å²) in [6.45, 7) is 3.94. The lowest BCUT2D eigenvalue weighted by atomic mass is 10.1. The van der Waals surface area contributed by atoms with Gasteiger partial charge < -0.3 is 10.6 Å². The quantitative estimate of drug-likeness (QED) is 0.338. The van der Waals surface area contributed by atoms with Gasteiger partial charge in [-0.3, -0.25) is 9.59 Å². The topological polar surface area (TPSA) is 58.2 Å². The molecule has 0 bridgehead atoms. The highest BCUT2D eigenvalue weighted by Gasteiger charge is 2.52. The molecule has 2 amide bonds.